The molecular formula is C30H27F3N2O4. The first-order chi connectivity index (χ1) is 18.6. The maximum Gasteiger partial charge on any atom is 0.471 e. The SMILES string of the molecule is COc1ccc([C@H]2CC(=O)C3=C(C2)Nc2ccccc2N(C(=O)C(F)(F)F)[C@@H]3c2ccc(C)cc2)cc1OC. The summed E-state index contributed by atoms with van der Waals surface area (Å²) in [5, 5.41) is 3.23. The number of carbonyl (C=O) groups is 2. The molecule has 2 atom stereocenters. The van der Waals surface area contributed by atoms with Crippen molar-refractivity contribution in [3.8, 4) is 11.5 Å². The van der Waals surface area contributed by atoms with E-state index in [0.717, 1.165) is 11.1 Å². The first kappa shape index (κ1) is 26.3. The minimum atomic E-state index is -5.15. The average molecular weight is 537 g/mol. The van der Waals surface area contributed by atoms with Crippen molar-refractivity contribution in [3.05, 3.63) is 94.7 Å². The van der Waals surface area contributed by atoms with Crippen LogP contribution in [0.25, 0.3) is 0 Å². The van der Waals surface area contributed by atoms with E-state index in [9.17, 15) is 22.8 Å². The van der Waals surface area contributed by atoms with E-state index in [0.29, 0.717) is 39.8 Å². The Balaban J connectivity index is 1.69. The number of Topliss-reactive ketones (excluding diaryl/α,β-unsaturated/α-hetero) is 1. The number of carbonyl (C=O) groups excluding carboxylic acids is 2. The Morgan fingerprint density at radius 1 is 0.923 bits per heavy atom. The first-order valence-corrected chi connectivity index (χ1v) is 12.4. The van der Waals surface area contributed by atoms with Gasteiger partial charge in [0.15, 0.2) is 17.3 Å². The molecule has 1 amide bonds. The van der Waals surface area contributed by atoms with Gasteiger partial charge in [0.1, 0.15) is 0 Å². The number of nitrogens with one attached hydrogen (secondary N) is 1. The van der Waals surface area contributed by atoms with Crippen LogP contribution in [-0.2, 0) is 9.59 Å². The monoisotopic (exact) mass is 536 g/mol. The molecule has 3 aromatic carbocycles. The molecule has 3 aromatic rings. The predicted octanol–water partition coefficient (Wildman–Crippen LogP) is 6.48. The molecule has 2 aliphatic rings. The second-order valence-electron chi connectivity index (χ2n) is 9.66. The van der Waals surface area contributed by atoms with Gasteiger partial charge in [0.05, 0.1) is 31.6 Å². The molecule has 1 aliphatic carbocycles. The van der Waals surface area contributed by atoms with Crippen molar-refractivity contribution in [2.45, 2.75) is 37.9 Å². The van der Waals surface area contributed by atoms with Gasteiger partial charge in [-0.2, -0.15) is 13.2 Å². The number of nitrogens with zero attached hydrogens (tertiary/aromatic N) is 1. The number of fused-ring (bicyclic) bond motifs is 1. The highest BCUT2D eigenvalue weighted by Crippen LogP contribution is 2.49. The molecule has 5 rings (SSSR count). The lowest BCUT2D eigenvalue weighted by Crippen LogP contribution is -2.45. The van der Waals surface area contributed by atoms with E-state index >= 15 is 0 Å². The molecule has 1 heterocycles. The molecular weight excluding hydrogens is 509 g/mol. The van der Waals surface area contributed by atoms with Crippen LogP contribution in [0.3, 0.4) is 0 Å². The smallest absolute Gasteiger partial charge is 0.471 e. The molecule has 0 radical (unpaired) electrons. The van der Waals surface area contributed by atoms with E-state index in [4.69, 9.17) is 9.47 Å². The highest BCUT2D eigenvalue weighted by atomic mass is 19.4. The lowest BCUT2D eigenvalue weighted by Gasteiger charge is -2.35. The van der Waals surface area contributed by atoms with E-state index in [2.05, 4.69) is 5.32 Å². The van der Waals surface area contributed by atoms with Crippen molar-refractivity contribution in [3.63, 3.8) is 0 Å². The number of benzene rings is 3. The number of allylic oxidation sites excluding steroid dienone is 1. The summed E-state index contributed by atoms with van der Waals surface area (Å²) in [5.74, 6) is -1.57. The second-order valence-corrected chi connectivity index (χ2v) is 9.66. The number of para-hydroxylation sites is 2. The summed E-state index contributed by atoms with van der Waals surface area (Å²) in [6.45, 7) is 1.86. The molecule has 202 valence electrons. The Hall–Kier alpha value is -4.27. The number of ketones is 1. The molecule has 1 aliphatic heterocycles. The number of aryl methyl sites for hydroxylation is 1. The maximum atomic E-state index is 14.0. The van der Waals surface area contributed by atoms with Crippen LogP contribution in [0.1, 0.15) is 41.5 Å². The molecule has 1 N–H and O–H groups in total. The summed E-state index contributed by atoms with van der Waals surface area (Å²) in [6.07, 6.45) is -4.74. The van der Waals surface area contributed by atoms with Crippen LogP contribution in [0.15, 0.2) is 78.0 Å². The number of hydrogen-bond donors (Lipinski definition) is 1. The number of halogens is 3. The van der Waals surface area contributed by atoms with Crippen LogP contribution >= 0.6 is 0 Å². The molecule has 0 fully saturated rings. The number of anilines is 2. The third-order valence-corrected chi connectivity index (χ3v) is 7.22. The lowest BCUT2D eigenvalue weighted by atomic mass is 9.78. The molecule has 0 spiro atoms. The molecule has 9 heteroatoms. The molecule has 0 saturated heterocycles. The van der Waals surface area contributed by atoms with Crippen molar-refractivity contribution in [1.82, 2.24) is 0 Å². The first-order valence-electron chi connectivity index (χ1n) is 12.4. The van der Waals surface area contributed by atoms with Crippen LogP contribution in [0.4, 0.5) is 24.5 Å². The van der Waals surface area contributed by atoms with Gasteiger partial charge >= 0.3 is 12.1 Å². The highest BCUT2D eigenvalue weighted by molar-refractivity contribution is 6.07. The van der Waals surface area contributed by atoms with E-state index in [1.54, 1.807) is 48.5 Å². The molecule has 6 nitrogen and oxygen atoms in total. The second kappa shape index (κ2) is 10.1. The number of alkyl halides is 3. The molecule has 0 saturated carbocycles. The summed E-state index contributed by atoms with van der Waals surface area (Å²) >= 11 is 0. The predicted molar refractivity (Wildman–Crippen MR) is 141 cm³/mol. The molecule has 39 heavy (non-hydrogen) atoms. The Labute approximate surface area is 224 Å². The van der Waals surface area contributed by atoms with Crippen LogP contribution in [0.5, 0.6) is 11.5 Å². The van der Waals surface area contributed by atoms with Crippen molar-refractivity contribution in [2.24, 2.45) is 0 Å². The number of methoxy groups -OCH3 is 2. The van der Waals surface area contributed by atoms with Gasteiger partial charge in [-0.3, -0.25) is 14.5 Å². The zero-order valence-electron chi connectivity index (χ0n) is 21.6. The zero-order valence-corrected chi connectivity index (χ0v) is 21.6. The summed E-state index contributed by atoms with van der Waals surface area (Å²) in [7, 11) is 3.06. The third kappa shape index (κ3) is 4.84. The van der Waals surface area contributed by atoms with E-state index in [1.807, 2.05) is 19.1 Å². The van der Waals surface area contributed by atoms with Gasteiger partial charge in [-0.25, -0.2) is 0 Å². The fourth-order valence-electron chi connectivity index (χ4n) is 5.36. The van der Waals surface area contributed by atoms with Gasteiger partial charge < -0.3 is 14.8 Å². The number of hydrogen-bond acceptors (Lipinski definition) is 5. The third-order valence-electron chi connectivity index (χ3n) is 7.22. The summed E-state index contributed by atoms with van der Waals surface area (Å²) in [4.78, 5) is 27.6. The van der Waals surface area contributed by atoms with Crippen LogP contribution < -0.4 is 19.7 Å². The zero-order chi connectivity index (χ0) is 27.9. The van der Waals surface area contributed by atoms with Crippen molar-refractivity contribution >= 4 is 23.1 Å². The Bertz CT molecular complexity index is 1460. The standard InChI is InChI=1S/C30H27F3N2O4/c1-17-8-10-18(11-9-17)28-27-22(34-21-6-4-5-7-23(21)35(28)29(37)30(31,32)33)14-20(15-24(27)36)19-12-13-25(38-2)26(16-19)39-3/h4-13,16,20,28,34H,14-15H2,1-3H3/t20-,28-/m1/s1. The number of amides is 1. The summed E-state index contributed by atoms with van der Waals surface area (Å²) in [6, 6.07) is 17.3. The number of rotatable bonds is 4. The normalized spacial score (nSPS) is 19.0. The average Bonchev–Trinajstić information content (AvgIpc) is 3.06. The van der Waals surface area contributed by atoms with Crippen LogP contribution in [0.2, 0.25) is 0 Å². The van der Waals surface area contributed by atoms with Crippen molar-refractivity contribution in [1.29, 1.82) is 0 Å². The van der Waals surface area contributed by atoms with E-state index in [1.165, 1.54) is 20.3 Å². The Morgan fingerprint density at radius 2 is 1.59 bits per heavy atom. The topological polar surface area (TPSA) is 67.9 Å². The van der Waals surface area contributed by atoms with E-state index < -0.39 is 18.1 Å². The van der Waals surface area contributed by atoms with Crippen LogP contribution in [0, 0.1) is 6.92 Å². The van der Waals surface area contributed by atoms with Gasteiger partial charge in [0.2, 0.25) is 0 Å². The highest BCUT2D eigenvalue weighted by Gasteiger charge is 2.50. The minimum absolute atomic E-state index is 0.0512. The number of ether oxygens (including phenoxy) is 2. The summed E-state index contributed by atoms with van der Waals surface area (Å²) < 4.78 is 52.8. The van der Waals surface area contributed by atoms with Crippen molar-refractivity contribution < 1.29 is 32.2 Å². The molecule has 0 aromatic heterocycles. The quantitative estimate of drug-likeness (QED) is 0.414. The fourth-order valence-corrected chi connectivity index (χ4v) is 5.36. The molecule has 0 bridgehead atoms. The van der Waals surface area contributed by atoms with Gasteiger partial charge in [-0.15, -0.1) is 0 Å². The van der Waals surface area contributed by atoms with Gasteiger partial charge in [0, 0.05) is 17.7 Å². The minimum Gasteiger partial charge on any atom is -0.493 e. The van der Waals surface area contributed by atoms with E-state index in [-0.39, 0.29) is 29.4 Å². The Kier molecular flexibility index (Phi) is 6.84. The fraction of sp³-hybridized carbons (Fsp3) is 0.267. The van der Waals surface area contributed by atoms with Gasteiger partial charge in [0.25, 0.3) is 0 Å². The summed E-state index contributed by atoms with van der Waals surface area (Å²) in [5.41, 5.74) is 3.17. The van der Waals surface area contributed by atoms with Crippen LogP contribution in [-0.4, -0.2) is 32.1 Å². The van der Waals surface area contributed by atoms with Gasteiger partial charge in [-0.05, 0) is 54.7 Å². The van der Waals surface area contributed by atoms with Crippen molar-refractivity contribution in [2.75, 3.05) is 24.4 Å². The van der Waals surface area contributed by atoms with Gasteiger partial charge in [-0.1, -0.05) is 48.0 Å². The lowest BCUT2D eigenvalue weighted by molar-refractivity contribution is -0.170. The Morgan fingerprint density at radius 3 is 2.26 bits per heavy atom. The molecule has 0 unspecified atom stereocenters. The maximum absolute atomic E-state index is 14.0. The largest absolute Gasteiger partial charge is 0.493 e.